The number of amides is 1. The summed E-state index contributed by atoms with van der Waals surface area (Å²) in [6.07, 6.45) is 0.956. The molecule has 27 heavy (non-hydrogen) atoms. The predicted octanol–water partition coefficient (Wildman–Crippen LogP) is 2.64. The number of piperidine rings is 1. The third kappa shape index (κ3) is 4.94. The van der Waals surface area contributed by atoms with E-state index in [1.165, 1.54) is 4.31 Å². The predicted molar refractivity (Wildman–Crippen MR) is 102 cm³/mol. The van der Waals surface area contributed by atoms with Crippen molar-refractivity contribution in [3.63, 3.8) is 0 Å². The van der Waals surface area contributed by atoms with Gasteiger partial charge in [0.2, 0.25) is 15.9 Å². The number of sulfonamides is 1. The van der Waals surface area contributed by atoms with Crippen molar-refractivity contribution in [3.8, 4) is 0 Å². The van der Waals surface area contributed by atoms with Crippen LogP contribution in [0.25, 0.3) is 0 Å². The van der Waals surface area contributed by atoms with Crippen molar-refractivity contribution >= 4 is 15.9 Å². The van der Waals surface area contributed by atoms with Gasteiger partial charge in [0.15, 0.2) is 0 Å². The van der Waals surface area contributed by atoms with E-state index in [9.17, 15) is 13.2 Å². The maximum Gasteiger partial charge on any atom is 0.246 e. The maximum absolute atomic E-state index is 12.7. The van der Waals surface area contributed by atoms with Gasteiger partial charge in [-0.3, -0.25) is 9.63 Å². The highest BCUT2D eigenvalue weighted by molar-refractivity contribution is 7.89. The van der Waals surface area contributed by atoms with E-state index in [0.717, 1.165) is 11.1 Å². The van der Waals surface area contributed by atoms with Gasteiger partial charge in [0.05, 0.1) is 11.5 Å². The average molecular weight is 388 g/mol. The van der Waals surface area contributed by atoms with Gasteiger partial charge in [-0.15, -0.1) is 0 Å². The van der Waals surface area contributed by atoms with E-state index >= 15 is 0 Å². The fourth-order valence-electron chi connectivity index (χ4n) is 3.07. The second-order valence-electron chi connectivity index (χ2n) is 6.73. The molecular weight excluding hydrogens is 364 g/mol. The molecule has 1 amide bonds. The molecular formula is C20H24N2O4S. The van der Waals surface area contributed by atoms with Gasteiger partial charge in [0.1, 0.15) is 0 Å². The van der Waals surface area contributed by atoms with Crippen LogP contribution in [-0.4, -0.2) is 31.7 Å². The van der Waals surface area contributed by atoms with Crippen LogP contribution in [0.5, 0.6) is 0 Å². The lowest BCUT2D eigenvalue weighted by Gasteiger charge is -2.30. The van der Waals surface area contributed by atoms with Crippen molar-refractivity contribution in [2.24, 2.45) is 5.92 Å². The number of aryl methyl sites for hydroxylation is 1. The highest BCUT2D eigenvalue weighted by Gasteiger charge is 2.32. The maximum atomic E-state index is 12.7. The molecule has 0 saturated carbocycles. The molecule has 3 rings (SSSR count). The van der Waals surface area contributed by atoms with Crippen LogP contribution in [0.15, 0.2) is 59.5 Å². The van der Waals surface area contributed by atoms with Crippen molar-refractivity contribution in [2.45, 2.75) is 31.3 Å². The van der Waals surface area contributed by atoms with Gasteiger partial charge in [-0.25, -0.2) is 13.9 Å². The lowest BCUT2D eigenvalue weighted by molar-refractivity contribution is -0.140. The van der Waals surface area contributed by atoms with Gasteiger partial charge in [0, 0.05) is 19.0 Å². The Balaban J connectivity index is 1.49. The van der Waals surface area contributed by atoms with Gasteiger partial charge in [-0.05, 0) is 37.5 Å². The molecule has 0 aliphatic carbocycles. The Morgan fingerprint density at radius 3 is 2.33 bits per heavy atom. The van der Waals surface area contributed by atoms with E-state index in [0.29, 0.717) is 37.4 Å². The second-order valence-corrected chi connectivity index (χ2v) is 8.67. The molecule has 1 aliphatic rings. The summed E-state index contributed by atoms with van der Waals surface area (Å²) in [5.74, 6) is -0.441. The highest BCUT2D eigenvalue weighted by Crippen LogP contribution is 2.24. The van der Waals surface area contributed by atoms with Crippen molar-refractivity contribution < 1.29 is 18.0 Å². The number of rotatable bonds is 6. The normalized spacial score (nSPS) is 16.2. The van der Waals surface area contributed by atoms with Crippen LogP contribution in [0, 0.1) is 12.8 Å². The van der Waals surface area contributed by atoms with Crippen LogP contribution in [0.1, 0.15) is 24.0 Å². The minimum Gasteiger partial charge on any atom is -0.272 e. The Morgan fingerprint density at radius 2 is 1.70 bits per heavy atom. The van der Waals surface area contributed by atoms with Gasteiger partial charge in [0.25, 0.3) is 0 Å². The van der Waals surface area contributed by atoms with Gasteiger partial charge in [-0.1, -0.05) is 48.0 Å². The number of nitrogens with one attached hydrogen (secondary N) is 1. The summed E-state index contributed by atoms with van der Waals surface area (Å²) in [7, 11) is -3.51. The van der Waals surface area contributed by atoms with Gasteiger partial charge < -0.3 is 0 Å². The number of carbonyl (C=O) groups is 1. The van der Waals surface area contributed by atoms with E-state index in [-0.39, 0.29) is 11.8 Å². The summed E-state index contributed by atoms with van der Waals surface area (Å²) in [6, 6.07) is 16.4. The topological polar surface area (TPSA) is 75.7 Å². The van der Waals surface area contributed by atoms with Crippen molar-refractivity contribution in [3.05, 3.63) is 65.7 Å². The highest BCUT2D eigenvalue weighted by atomic mass is 32.2. The molecule has 1 fully saturated rings. The molecule has 0 bridgehead atoms. The fourth-order valence-corrected chi connectivity index (χ4v) is 4.54. The Hall–Kier alpha value is -2.22. The Kier molecular flexibility index (Phi) is 6.26. The number of benzene rings is 2. The van der Waals surface area contributed by atoms with Gasteiger partial charge >= 0.3 is 0 Å². The van der Waals surface area contributed by atoms with E-state index in [4.69, 9.17) is 4.84 Å². The third-order valence-corrected chi connectivity index (χ3v) is 6.65. The zero-order valence-corrected chi connectivity index (χ0v) is 16.1. The summed E-state index contributed by atoms with van der Waals surface area (Å²) in [5.41, 5.74) is 4.47. The summed E-state index contributed by atoms with van der Waals surface area (Å²) in [4.78, 5) is 17.8. The molecule has 1 aliphatic heterocycles. The Morgan fingerprint density at radius 1 is 1.07 bits per heavy atom. The quantitative estimate of drug-likeness (QED) is 0.772. The Bertz CT molecular complexity index is 859. The molecule has 6 nitrogen and oxygen atoms in total. The van der Waals surface area contributed by atoms with Crippen molar-refractivity contribution in [1.29, 1.82) is 0 Å². The lowest BCUT2D eigenvalue weighted by atomic mass is 9.98. The zero-order valence-electron chi connectivity index (χ0n) is 15.3. The first-order valence-corrected chi connectivity index (χ1v) is 10.4. The molecule has 0 spiro atoms. The summed E-state index contributed by atoms with van der Waals surface area (Å²) in [6.45, 7) is 2.87. The molecule has 0 radical (unpaired) electrons. The molecule has 2 aromatic carbocycles. The first-order chi connectivity index (χ1) is 13.0. The molecule has 0 aromatic heterocycles. The minimum atomic E-state index is -3.51. The fraction of sp³-hybridized carbons (Fsp3) is 0.350. The molecule has 7 heteroatoms. The molecule has 144 valence electrons. The number of hydrogen-bond donors (Lipinski definition) is 1. The van der Waals surface area contributed by atoms with E-state index < -0.39 is 10.0 Å². The molecule has 1 saturated heterocycles. The first-order valence-electron chi connectivity index (χ1n) is 8.99. The number of nitrogens with zero attached hydrogens (tertiary/aromatic N) is 1. The SMILES string of the molecule is Cc1ccc(S(=O)(=O)N2CCC(C(=O)NOCc3ccccc3)CC2)cc1. The van der Waals surface area contributed by atoms with Crippen LogP contribution in [0.3, 0.4) is 0 Å². The van der Waals surface area contributed by atoms with E-state index in [1.807, 2.05) is 37.3 Å². The molecule has 0 atom stereocenters. The molecule has 2 aromatic rings. The van der Waals surface area contributed by atoms with Crippen molar-refractivity contribution in [2.75, 3.05) is 13.1 Å². The van der Waals surface area contributed by atoms with Gasteiger partial charge in [-0.2, -0.15) is 4.31 Å². The standard InChI is InChI=1S/C20H24N2O4S/c1-16-7-9-19(10-8-16)27(24,25)22-13-11-18(12-14-22)20(23)21-26-15-17-5-3-2-4-6-17/h2-10,18H,11-15H2,1H3,(H,21,23). The number of carbonyl (C=O) groups excluding carboxylic acids is 1. The molecule has 0 unspecified atom stereocenters. The third-order valence-electron chi connectivity index (χ3n) is 4.74. The van der Waals surface area contributed by atoms with Crippen LogP contribution in [0.4, 0.5) is 0 Å². The Labute approximate surface area is 160 Å². The van der Waals surface area contributed by atoms with Crippen LogP contribution in [-0.2, 0) is 26.3 Å². The summed E-state index contributed by atoms with van der Waals surface area (Å²) in [5, 5.41) is 0. The largest absolute Gasteiger partial charge is 0.272 e. The first kappa shape index (κ1) is 19.5. The molecule has 1 N–H and O–H groups in total. The monoisotopic (exact) mass is 388 g/mol. The van der Waals surface area contributed by atoms with Crippen LogP contribution >= 0.6 is 0 Å². The second kappa shape index (κ2) is 8.65. The van der Waals surface area contributed by atoms with E-state index in [1.54, 1.807) is 24.3 Å². The van der Waals surface area contributed by atoms with Crippen LogP contribution in [0.2, 0.25) is 0 Å². The van der Waals surface area contributed by atoms with E-state index in [2.05, 4.69) is 5.48 Å². The summed E-state index contributed by atoms with van der Waals surface area (Å²) >= 11 is 0. The van der Waals surface area contributed by atoms with Crippen LogP contribution < -0.4 is 5.48 Å². The molecule has 1 heterocycles. The lowest BCUT2D eigenvalue weighted by Crippen LogP contribution is -2.42. The smallest absolute Gasteiger partial charge is 0.246 e. The minimum absolute atomic E-state index is 0.196. The number of hydrogen-bond acceptors (Lipinski definition) is 4. The summed E-state index contributed by atoms with van der Waals surface area (Å²) < 4.78 is 26.9. The average Bonchev–Trinajstić information content (AvgIpc) is 2.69. The zero-order chi connectivity index (χ0) is 19.3. The number of hydroxylamine groups is 1. The van der Waals surface area contributed by atoms with Crippen molar-refractivity contribution in [1.82, 2.24) is 9.79 Å².